The van der Waals surface area contributed by atoms with Crippen molar-refractivity contribution in [2.24, 2.45) is 0 Å². The predicted octanol–water partition coefficient (Wildman–Crippen LogP) is 3.11. The summed E-state index contributed by atoms with van der Waals surface area (Å²) in [6.45, 7) is 0.557. The molecule has 2 aromatic heterocycles. The Hall–Kier alpha value is -3.22. The summed E-state index contributed by atoms with van der Waals surface area (Å²) in [5.41, 5.74) is 1.38. The number of pyridine rings is 1. The zero-order valence-electron chi connectivity index (χ0n) is 12.1. The molecule has 0 saturated heterocycles. The second kappa shape index (κ2) is 6.69. The van der Waals surface area contributed by atoms with E-state index in [1.807, 2.05) is 12.1 Å². The molecule has 0 saturated carbocycles. The molecule has 7 heteroatoms. The van der Waals surface area contributed by atoms with E-state index >= 15 is 0 Å². The molecule has 3 aromatic rings. The molecule has 0 aliphatic heterocycles. The van der Waals surface area contributed by atoms with E-state index in [9.17, 15) is 9.18 Å². The van der Waals surface area contributed by atoms with Gasteiger partial charge in [-0.2, -0.15) is 5.10 Å². The van der Waals surface area contributed by atoms with E-state index in [4.69, 9.17) is 0 Å². The van der Waals surface area contributed by atoms with Crippen molar-refractivity contribution < 1.29 is 9.18 Å². The summed E-state index contributed by atoms with van der Waals surface area (Å²) < 4.78 is 14.8. The van der Waals surface area contributed by atoms with Crippen molar-refractivity contribution in [3.05, 3.63) is 72.4 Å². The molecule has 0 bridgehead atoms. The first-order chi connectivity index (χ1) is 11.2. The monoisotopic (exact) mass is 311 g/mol. The Labute approximate surface area is 132 Å². The van der Waals surface area contributed by atoms with Crippen molar-refractivity contribution in [2.75, 3.05) is 10.6 Å². The van der Waals surface area contributed by atoms with Crippen molar-refractivity contribution in [2.45, 2.75) is 6.54 Å². The van der Waals surface area contributed by atoms with Gasteiger partial charge in [-0.25, -0.2) is 9.18 Å². The van der Waals surface area contributed by atoms with Crippen LogP contribution in [-0.4, -0.2) is 20.8 Å². The highest BCUT2D eigenvalue weighted by molar-refractivity contribution is 5.99. The number of amides is 2. The molecule has 1 aromatic carbocycles. The van der Waals surface area contributed by atoms with Gasteiger partial charge >= 0.3 is 6.03 Å². The number of nitrogens with one attached hydrogen (secondary N) is 2. The molecule has 2 N–H and O–H groups in total. The third-order valence-corrected chi connectivity index (χ3v) is 3.03. The van der Waals surface area contributed by atoms with Crippen LogP contribution in [0.5, 0.6) is 0 Å². The molecule has 2 amide bonds. The molecule has 0 atom stereocenters. The van der Waals surface area contributed by atoms with E-state index in [-0.39, 0.29) is 0 Å². The van der Waals surface area contributed by atoms with Gasteiger partial charge in [-0.15, -0.1) is 0 Å². The average molecular weight is 311 g/mol. The number of hydrogen-bond acceptors (Lipinski definition) is 3. The SMILES string of the molecule is O=C(Nc1cccc(F)c1)Nc1ccn(Cc2cccnc2)n1. The number of rotatable bonds is 4. The van der Waals surface area contributed by atoms with E-state index in [1.165, 1.54) is 18.2 Å². The van der Waals surface area contributed by atoms with Gasteiger partial charge in [0, 0.05) is 30.3 Å². The zero-order chi connectivity index (χ0) is 16.1. The maximum Gasteiger partial charge on any atom is 0.324 e. The van der Waals surface area contributed by atoms with Gasteiger partial charge in [-0.05, 0) is 29.8 Å². The summed E-state index contributed by atoms with van der Waals surface area (Å²) in [6, 6.07) is 10.7. The lowest BCUT2D eigenvalue weighted by molar-refractivity contribution is 0.262. The lowest BCUT2D eigenvalue weighted by Crippen LogP contribution is -2.20. The summed E-state index contributed by atoms with van der Waals surface area (Å²) >= 11 is 0. The molecular formula is C16H14FN5O. The molecule has 0 aliphatic rings. The Morgan fingerprint density at radius 2 is 2.09 bits per heavy atom. The van der Waals surface area contributed by atoms with Crippen molar-refractivity contribution in [3.63, 3.8) is 0 Å². The quantitative estimate of drug-likeness (QED) is 0.777. The molecule has 2 heterocycles. The van der Waals surface area contributed by atoms with Crippen molar-refractivity contribution in [3.8, 4) is 0 Å². The van der Waals surface area contributed by atoms with E-state index < -0.39 is 11.8 Å². The molecular weight excluding hydrogens is 297 g/mol. The molecule has 0 radical (unpaired) electrons. The van der Waals surface area contributed by atoms with Crippen LogP contribution in [0.25, 0.3) is 0 Å². The van der Waals surface area contributed by atoms with E-state index in [0.717, 1.165) is 5.56 Å². The number of nitrogens with zero attached hydrogens (tertiary/aromatic N) is 3. The van der Waals surface area contributed by atoms with Crippen LogP contribution in [0.1, 0.15) is 5.56 Å². The van der Waals surface area contributed by atoms with E-state index in [2.05, 4.69) is 20.7 Å². The van der Waals surface area contributed by atoms with Crippen molar-refractivity contribution in [1.82, 2.24) is 14.8 Å². The number of aromatic nitrogens is 3. The van der Waals surface area contributed by atoms with Crippen LogP contribution in [0, 0.1) is 5.82 Å². The van der Waals surface area contributed by atoms with Gasteiger partial charge in [0.05, 0.1) is 6.54 Å². The highest BCUT2D eigenvalue weighted by Crippen LogP contribution is 2.10. The van der Waals surface area contributed by atoms with Gasteiger partial charge in [0.25, 0.3) is 0 Å². The molecule has 6 nitrogen and oxygen atoms in total. The number of carbonyl (C=O) groups is 1. The number of anilines is 2. The van der Waals surface area contributed by atoms with Crippen LogP contribution in [0.3, 0.4) is 0 Å². The van der Waals surface area contributed by atoms with E-state index in [0.29, 0.717) is 18.1 Å². The van der Waals surface area contributed by atoms with Gasteiger partial charge in [0.15, 0.2) is 5.82 Å². The Morgan fingerprint density at radius 3 is 2.87 bits per heavy atom. The van der Waals surface area contributed by atoms with Crippen LogP contribution >= 0.6 is 0 Å². The topological polar surface area (TPSA) is 71.8 Å². The van der Waals surface area contributed by atoms with Crippen LogP contribution < -0.4 is 10.6 Å². The van der Waals surface area contributed by atoms with Crippen molar-refractivity contribution >= 4 is 17.5 Å². The third-order valence-electron chi connectivity index (χ3n) is 3.03. The van der Waals surface area contributed by atoms with Gasteiger partial charge < -0.3 is 5.32 Å². The largest absolute Gasteiger partial charge is 0.324 e. The Kier molecular flexibility index (Phi) is 4.28. The summed E-state index contributed by atoms with van der Waals surface area (Å²) in [5.74, 6) is -0.00802. The summed E-state index contributed by atoms with van der Waals surface area (Å²) in [4.78, 5) is 15.9. The Bertz CT molecular complexity index is 803. The van der Waals surface area contributed by atoms with Gasteiger partial charge in [-0.1, -0.05) is 12.1 Å². The minimum absolute atomic E-state index is 0.372. The number of halogens is 1. The number of carbonyl (C=O) groups excluding carboxylic acids is 1. The minimum atomic E-state index is -0.484. The lowest BCUT2D eigenvalue weighted by Gasteiger charge is -2.05. The number of benzene rings is 1. The average Bonchev–Trinajstić information content (AvgIpc) is 2.95. The highest BCUT2D eigenvalue weighted by atomic mass is 19.1. The fraction of sp³-hybridized carbons (Fsp3) is 0.0625. The lowest BCUT2D eigenvalue weighted by atomic mass is 10.3. The molecule has 0 unspecified atom stereocenters. The van der Waals surface area contributed by atoms with Gasteiger partial charge in [-0.3, -0.25) is 15.0 Å². The molecule has 0 aliphatic carbocycles. The summed E-state index contributed by atoms with van der Waals surface area (Å²) in [6.07, 6.45) is 5.21. The molecule has 116 valence electrons. The third kappa shape index (κ3) is 4.13. The smallest absolute Gasteiger partial charge is 0.308 e. The summed E-state index contributed by atoms with van der Waals surface area (Å²) in [7, 11) is 0. The van der Waals surface area contributed by atoms with Crippen LogP contribution in [-0.2, 0) is 6.54 Å². The Morgan fingerprint density at radius 1 is 1.17 bits per heavy atom. The van der Waals surface area contributed by atoms with Crippen LogP contribution in [0.4, 0.5) is 20.7 Å². The second-order valence-electron chi connectivity index (χ2n) is 4.85. The van der Waals surface area contributed by atoms with Crippen LogP contribution in [0.15, 0.2) is 61.1 Å². The fourth-order valence-electron chi connectivity index (χ4n) is 2.04. The standard InChI is InChI=1S/C16H14FN5O/c17-13-4-1-5-14(9-13)19-16(23)20-15-6-8-22(21-15)11-12-3-2-7-18-10-12/h1-10H,11H2,(H2,19,20,21,23). The summed E-state index contributed by atoms with van der Waals surface area (Å²) in [5, 5.41) is 9.38. The number of hydrogen-bond donors (Lipinski definition) is 2. The second-order valence-corrected chi connectivity index (χ2v) is 4.85. The van der Waals surface area contributed by atoms with Crippen LogP contribution in [0.2, 0.25) is 0 Å². The Balaban J connectivity index is 1.59. The molecule has 0 fully saturated rings. The van der Waals surface area contributed by atoms with Crippen molar-refractivity contribution in [1.29, 1.82) is 0 Å². The molecule has 23 heavy (non-hydrogen) atoms. The molecule has 3 rings (SSSR count). The fourth-order valence-corrected chi connectivity index (χ4v) is 2.04. The highest BCUT2D eigenvalue weighted by Gasteiger charge is 2.06. The first-order valence-corrected chi connectivity index (χ1v) is 6.95. The normalized spacial score (nSPS) is 10.3. The molecule has 0 spiro atoms. The number of urea groups is 1. The zero-order valence-corrected chi connectivity index (χ0v) is 12.1. The maximum atomic E-state index is 13.1. The maximum absolute atomic E-state index is 13.1. The predicted molar refractivity (Wildman–Crippen MR) is 84.6 cm³/mol. The van der Waals surface area contributed by atoms with Gasteiger partial charge in [0.2, 0.25) is 0 Å². The first kappa shape index (κ1) is 14.7. The minimum Gasteiger partial charge on any atom is -0.308 e. The first-order valence-electron chi connectivity index (χ1n) is 6.95. The van der Waals surface area contributed by atoms with E-state index in [1.54, 1.807) is 35.4 Å². The van der Waals surface area contributed by atoms with Gasteiger partial charge in [0.1, 0.15) is 5.82 Å².